The highest BCUT2D eigenvalue weighted by Gasteiger charge is 2.41. The van der Waals surface area contributed by atoms with Crippen LogP contribution in [0.25, 0.3) is 33.1 Å². The van der Waals surface area contributed by atoms with E-state index in [9.17, 15) is 0 Å². The molecule has 0 saturated heterocycles. The van der Waals surface area contributed by atoms with Gasteiger partial charge < -0.3 is 18.6 Å². The number of fused-ring (bicyclic) bond motifs is 4. The van der Waals surface area contributed by atoms with Crippen LogP contribution in [0.15, 0.2) is 117 Å². The Morgan fingerprint density at radius 1 is 0.925 bits per heavy atom. The maximum atomic E-state index is 15.1. The molecule has 2 heterocycles. The number of benzene rings is 3. The van der Waals surface area contributed by atoms with Gasteiger partial charge in [-0.25, -0.2) is 0 Å². The highest BCUT2D eigenvalue weighted by Crippen LogP contribution is 2.57. The van der Waals surface area contributed by atoms with Crippen molar-refractivity contribution in [3.63, 3.8) is 0 Å². The molecule has 6 heteroatoms. The fraction of sp³-hybridized carbons (Fsp3) is 0.118. The maximum Gasteiger partial charge on any atom is 0.311 e. The summed E-state index contributed by atoms with van der Waals surface area (Å²) in [6.07, 6.45) is 8.59. The first kappa shape index (κ1) is 28.5. The first-order valence-electron chi connectivity index (χ1n) is 13.0. The van der Waals surface area contributed by atoms with Crippen LogP contribution in [0, 0.1) is 0 Å². The van der Waals surface area contributed by atoms with Gasteiger partial charge in [-0.3, -0.25) is 4.57 Å². The molecule has 5 nitrogen and oxygen atoms in total. The predicted octanol–water partition coefficient (Wildman–Crippen LogP) is 8.39. The molecular formula is C34H34NO4P. The number of hydrogen-bond acceptors (Lipinski definition) is 4. The molecular weight excluding hydrogens is 517 g/mol. The van der Waals surface area contributed by atoms with Crippen molar-refractivity contribution in [2.75, 3.05) is 14.2 Å². The molecule has 0 fully saturated rings. The maximum absolute atomic E-state index is 15.1. The average Bonchev–Trinajstić information content (AvgIpc) is 3.35. The van der Waals surface area contributed by atoms with E-state index in [0.717, 1.165) is 38.6 Å². The second-order valence-electron chi connectivity index (χ2n) is 8.58. The third kappa shape index (κ3) is 4.24. The van der Waals surface area contributed by atoms with Gasteiger partial charge in [0.15, 0.2) is 0 Å². The summed E-state index contributed by atoms with van der Waals surface area (Å²) in [4.78, 5) is 0. The summed E-state index contributed by atoms with van der Waals surface area (Å²) in [5.41, 5.74) is 3.98. The Morgan fingerprint density at radius 2 is 1.62 bits per heavy atom. The number of para-hydroxylation sites is 1. The number of ether oxygens (including phenoxy) is 2. The van der Waals surface area contributed by atoms with Crippen molar-refractivity contribution < 1.29 is 18.6 Å². The van der Waals surface area contributed by atoms with Gasteiger partial charge in [0.1, 0.15) is 22.8 Å². The molecule has 4 aromatic rings. The van der Waals surface area contributed by atoms with Crippen LogP contribution in [-0.2, 0) is 9.09 Å². The van der Waals surface area contributed by atoms with E-state index in [1.165, 1.54) is 0 Å². The van der Waals surface area contributed by atoms with Gasteiger partial charge in [-0.2, -0.15) is 0 Å². The van der Waals surface area contributed by atoms with Crippen LogP contribution in [0.5, 0.6) is 11.5 Å². The van der Waals surface area contributed by atoms with E-state index < -0.39 is 7.37 Å². The molecule has 0 N–H and O–H groups in total. The number of hydrogen-bond donors (Lipinski definition) is 0. The summed E-state index contributed by atoms with van der Waals surface area (Å²) in [5, 5.41) is 2.61. The van der Waals surface area contributed by atoms with E-state index in [4.69, 9.17) is 14.0 Å². The van der Waals surface area contributed by atoms with Crippen LogP contribution in [0.1, 0.15) is 19.4 Å². The fourth-order valence-electron chi connectivity index (χ4n) is 5.16. The van der Waals surface area contributed by atoms with Crippen molar-refractivity contribution in [3.8, 4) is 11.5 Å². The monoisotopic (exact) mass is 551 g/mol. The Kier molecular flexibility index (Phi) is 8.37. The highest BCUT2D eigenvalue weighted by atomic mass is 31.2. The highest BCUT2D eigenvalue weighted by molar-refractivity contribution is 7.75. The summed E-state index contributed by atoms with van der Waals surface area (Å²) in [6, 6.07) is 17.2. The molecule has 40 heavy (non-hydrogen) atoms. The van der Waals surface area contributed by atoms with Crippen LogP contribution in [-0.4, -0.2) is 18.8 Å². The van der Waals surface area contributed by atoms with Crippen LogP contribution >= 0.6 is 7.37 Å². The summed E-state index contributed by atoms with van der Waals surface area (Å²) in [7, 11) is -0.565. The second-order valence-corrected chi connectivity index (χ2v) is 10.8. The van der Waals surface area contributed by atoms with Gasteiger partial charge in [0, 0.05) is 22.7 Å². The van der Waals surface area contributed by atoms with E-state index in [1.807, 2.05) is 73.0 Å². The summed E-state index contributed by atoms with van der Waals surface area (Å²) in [5.74, 6) is 1.36. The summed E-state index contributed by atoms with van der Waals surface area (Å²) >= 11 is 0. The number of allylic oxidation sites excluding steroid dienone is 7. The summed E-state index contributed by atoms with van der Waals surface area (Å²) in [6.45, 7) is 19.7. The van der Waals surface area contributed by atoms with Gasteiger partial charge in [0.05, 0.1) is 35.7 Å². The quantitative estimate of drug-likeness (QED) is 0.163. The normalized spacial score (nSPS) is 16.4. The molecule has 0 radical (unpaired) electrons. The molecule has 0 spiro atoms. The topological polar surface area (TPSA) is 49.7 Å². The van der Waals surface area contributed by atoms with Gasteiger partial charge in [-0.05, 0) is 35.9 Å². The third-order valence-electron chi connectivity index (χ3n) is 6.73. The van der Waals surface area contributed by atoms with Crippen LogP contribution in [0.4, 0.5) is 0 Å². The number of nitrogens with zero attached hydrogens (tertiary/aromatic N) is 1. The lowest BCUT2D eigenvalue weighted by molar-refractivity contribution is 0.407. The molecule has 1 atom stereocenters. The summed E-state index contributed by atoms with van der Waals surface area (Å²) < 4.78 is 35.5. The van der Waals surface area contributed by atoms with Gasteiger partial charge >= 0.3 is 7.37 Å². The van der Waals surface area contributed by atoms with Gasteiger partial charge in [0.2, 0.25) is 0 Å². The van der Waals surface area contributed by atoms with E-state index in [1.54, 1.807) is 44.6 Å². The van der Waals surface area contributed by atoms with Gasteiger partial charge in [0.25, 0.3) is 0 Å². The molecule has 0 amide bonds. The largest absolute Gasteiger partial charge is 0.495 e. The molecule has 5 rings (SSSR count). The lowest BCUT2D eigenvalue weighted by Gasteiger charge is -2.30. The van der Waals surface area contributed by atoms with E-state index in [2.05, 4.69) is 26.3 Å². The SMILES string of the molecule is C=C/C=C(\C=C)n1c2ccccc2c2c(OC)c(P3(=O)OC(C=C)=C(C=C)c4ccccc43)cc(OC)c21.CC. The van der Waals surface area contributed by atoms with Crippen molar-refractivity contribution in [2.24, 2.45) is 0 Å². The molecule has 0 aliphatic carbocycles. The van der Waals surface area contributed by atoms with Crippen molar-refractivity contribution in [2.45, 2.75) is 13.8 Å². The molecule has 1 aliphatic heterocycles. The Morgan fingerprint density at radius 3 is 2.25 bits per heavy atom. The molecule has 0 saturated carbocycles. The first-order valence-corrected chi connectivity index (χ1v) is 14.6. The van der Waals surface area contributed by atoms with Crippen LogP contribution in [0.2, 0.25) is 0 Å². The Bertz CT molecular complexity index is 1770. The smallest absolute Gasteiger partial charge is 0.311 e. The zero-order chi connectivity index (χ0) is 29.0. The zero-order valence-electron chi connectivity index (χ0n) is 23.4. The Balaban J connectivity index is 0.00000181. The standard InChI is InChI=1S/C32H28NO4P.C2H6/c1-7-15-21(8-2)33-25-18-13-11-17-24(25)30-31(33)27(35-5)20-29(32(30)36-6)38(34)28-19-14-12-16-23(28)22(9-3)26(10-4)37-38;1-2/h7-20H,1-4H2,5-6H3;1-2H3/b21-15+;. The predicted molar refractivity (Wildman–Crippen MR) is 170 cm³/mol. The lowest BCUT2D eigenvalue weighted by Crippen LogP contribution is -2.26. The third-order valence-corrected chi connectivity index (χ3v) is 9.17. The minimum Gasteiger partial charge on any atom is -0.495 e. The van der Waals surface area contributed by atoms with E-state index in [-0.39, 0.29) is 0 Å². The Labute approximate surface area is 236 Å². The average molecular weight is 552 g/mol. The van der Waals surface area contributed by atoms with Gasteiger partial charge in [-0.15, -0.1) is 0 Å². The Hall–Kier alpha value is -4.47. The molecule has 1 unspecified atom stereocenters. The molecule has 3 aromatic carbocycles. The molecule has 1 aliphatic rings. The molecule has 0 bridgehead atoms. The minimum absolute atomic E-state index is 0.397. The molecule has 204 valence electrons. The number of methoxy groups -OCH3 is 2. The fourth-order valence-corrected chi connectivity index (χ4v) is 7.62. The number of rotatable bonds is 8. The van der Waals surface area contributed by atoms with E-state index >= 15 is 4.57 Å². The second kappa shape index (κ2) is 11.7. The lowest BCUT2D eigenvalue weighted by atomic mass is 10.0. The minimum atomic E-state index is -3.73. The first-order chi connectivity index (χ1) is 19.5. The molecule has 1 aromatic heterocycles. The van der Waals surface area contributed by atoms with Crippen molar-refractivity contribution in [1.29, 1.82) is 0 Å². The van der Waals surface area contributed by atoms with Crippen LogP contribution < -0.4 is 20.1 Å². The zero-order valence-corrected chi connectivity index (χ0v) is 24.3. The van der Waals surface area contributed by atoms with Crippen molar-refractivity contribution >= 4 is 51.1 Å². The van der Waals surface area contributed by atoms with Gasteiger partial charge in [-0.1, -0.05) is 88.7 Å². The van der Waals surface area contributed by atoms with Crippen LogP contribution in [0.3, 0.4) is 0 Å². The van der Waals surface area contributed by atoms with E-state index in [0.29, 0.717) is 27.9 Å². The van der Waals surface area contributed by atoms with Crippen molar-refractivity contribution in [3.05, 3.63) is 123 Å². The van der Waals surface area contributed by atoms with Crippen molar-refractivity contribution in [1.82, 2.24) is 4.57 Å². The number of aromatic nitrogens is 1.